The molecule has 0 aromatic heterocycles. The fourth-order valence-corrected chi connectivity index (χ4v) is 3.36. The molecule has 0 radical (unpaired) electrons. The molecule has 3 aromatic rings. The van der Waals surface area contributed by atoms with Crippen LogP contribution in [0.2, 0.25) is 0 Å². The highest BCUT2D eigenvalue weighted by Gasteiger charge is 2.16. The first-order valence-corrected chi connectivity index (χ1v) is 12.6. The third kappa shape index (κ3) is 10.1. The smallest absolute Gasteiger partial charge is 0.330 e. The fourth-order valence-electron chi connectivity index (χ4n) is 3.36. The summed E-state index contributed by atoms with van der Waals surface area (Å²) in [7, 11) is 0. The lowest BCUT2D eigenvalue weighted by molar-refractivity contribution is -0.154. The summed E-state index contributed by atoms with van der Waals surface area (Å²) in [4.78, 5) is 22.9. The van der Waals surface area contributed by atoms with Crippen molar-refractivity contribution in [1.29, 1.82) is 0 Å². The second-order valence-electron chi connectivity index (χ2n) is 8.46. The second kappa shape index (κ2) is 15.3. The fraction of sp³-hybridized carbons (Fsp3) is 0.176. The largest absolute Gasteiger partial charge is 0.490 e. The monoisotopic (exact) mass is 518 g/mol. The lowest BCUT2D eigenvalue weighted by Crippen LogP contribution is -2.30. The van der Waals surface area contributed by atoms with Gasteiger partial charge in [0, 0.05) is 34.4 Å². The third-order valence-corrected chi connectivity index (χ3v) is 5.40. The van der Waals surface area contributed by atoms with Crippen molar-refractivity contribution in [3.63, 3.8) is 0 Å². The highest BCUT2D eigenvalue weighted by atomic mass is 16.6. The SMILES string of the molecule is C=CC(=O)OCC(COc1ccc(C#Cc2ccc(C#Cc3ccc(CCC)cc3)cc2)cc1)OC(=O)C=C. The van der Waals surface area contributed by atoms with Crippen LogP contribution >= 0.6 is 0 Å². The van der Waals surface area contributed by atoms with E-state index in [1.807, 2.05) is 36.4 Å². The van der Waals surface area contributed by atoms with E-state index < -0.39 is 18.0 Å². The van der Waals surface area contributed by atoms with Gasteiger partial charge in [-0.25, -0.2) is 9.59 Å². The number of hydrogen-bond donors (Lipinski definition) is 0. The molecular formula is C34H30O5. The molecule has 0 saturated heterocycles. The Morgan fingerprint density at radius 2 is 1.18 bits per heavy atom. The molecule has 0 heterocycles. The molecule has 5 heteroatoms. The summed E-state index contributed by atoms with van der Waals surface area (Å²) in [5.41, 5.74) is 4.95. The minimum atomic E-state index is -0.794. The van der Waals surface area contributed by atoms with Crippen molar-refractivity contribution < 1.29 is 23.8 Å². The van der Waals surface area contributed by atoms with E-state index in [2.05, 4.69) is 68.0 Å². The molecule has 0 aliphatic carbocycles. The van der Waals surface area contributed by atoms with Gasteiger partial charge in [0.15, 0.2) is 6.10 Å². The predicted molar refractivity (Wildman–Crippen MR) is 152 cm³/mol. The summed E-state index contributed by atoms with van der Waals surface area (Å²) in [5.74, 6) is 12.0. The molecule has 5 nitrogen and oxygen atoms in total. The maximum absolute atomic E-state index is 11.5. The van der Waals surface area contributed by atoms with Gasteiger partial charge in [0.25, 0.3) is 0 Å². The van der Waals surface area contributed by atoms with Gasteiger partial charge in [0.05, 0.1) is 0 Å². The topological polar surface area (TPSA) is 61.8 Å². The molecule has 3 aromatic carbocycles. The van der Waals surface area contributed by atoms with Crippen LogP contribution in [0.15, 0.2) is 98.1 Å². The van der Waals surface area contributed by atoms with Gasteiger partial charge in [0.2, 0.25) is 0 Å². The van der Waals surface area contributed by atoms with Crippen LogP contribution in [0.3, 0.4) is 0 Å². The van der Waals surface area contributed by atoms with E-state index in [9.17, 15) is 9.59 Å². The van der Waals surface area contributed by atoms with Gasteiger partial charge in [0.1, 0.15) is 19.0 Å². The Morgan fingerprint density at radius 1 is 0.718 bits per heavy atom. The molecule has 1 atom stereocenters. The zero-order valence-corrected chi connectivity index (χ0v) is 21.9. The van der Waals surface area contributed by atoms with Crippen molar-refractivity contribution in [2.24, 2.45) is 0 Å². The lowest BCUT2D eigenvalue weighted by atomic mass is 10.1. The number of benzene rings is 3. The number of esters is 2. The number of ether oxygens (including phenoxy) is 3. The first-order valence-electron chi connectivity index (χ1n) is 12.6. The van der Waals surface area contributed by atoms with Crippen LogP contribution in [0.5, 0.6) is 5.75 Å². The van der Waals surface area contributed by atoms with Gasteiger partial charge >= 0.3 is 11.9 Å². The standard InChI is InChI=1S/C34H30O5/c1-4-7-26-8-10-27(11-9-26)12-13-28-14-16-29(17-15-28)18-19-30-20-22-31(23-21-30)37-24-32(39-34(36)6-3)25-38-33(35)5-2/h5-6,8-11,14-17,20-23,32H,2-4,7,24-25H2,1H3. The van der Waals surface area contributed by atoms with Gasteiger partial charge < -0.3 is 14.2 Å². The van der Waals surface area contributed by atoms with Crippen LogP contribution in [-0.4, -0.2) is 31.3 Å². The Balaban J connectivity index is 1.55. The van der Waals surface area contributed by atoms with E-state index in [1.54, 1.807) is 12.1 Å². The Bertz CT molecular complexity index is 1390. The van der Waals surface area contributed by atoms with Gasteiger partial charge in [-0.1, -0.05) is 62.3 Å². The number of aryl methyl sites for hydroxylation is 1. The molecule has 39 heavy (non-hydrogen) atoms. The molecule has 0 fully saturated rings. The van der Waals surface area contributed by atoms with Crippen LogP contribution in [-0.2, 0) is 25.5 Å². The molecule has 1 unspecified atom stereocenters. The third-order valence-electron chi connectivity index (χ3n) is 5.40. The Kier molecular flexibility index (Phi) is 11.2. The van der Waals surface area contributed by atoms with Gasteiger partial charge in [-0.3, -0.25) is 0 Å². The highest BCUT2D eigenvalue weighted by molar-refractivity contribution is 5.82. The van der Waals surface area contributed by atoms with Crippen LogP contribution in [0.4, 0.5) is 0 Å². The maximum atomic E-state index is 11.5. The van der Waals surface area contributed by atoms with Crippen LogP contribution < -0.4 is 4.74 Å². The zero-order valence-electron chi connectivity index (χ0n) is 21.9. The molecule has 0 amide bonds. The van der Waals surface area contributed by atoms with Crippen molar-refractivity contribution in [3.05, 3.63) is 126 Å². The summed E-state index contributed by atoms with van der Waals surface area (Å²) in [6.45, 7) is 8.71. The molecular weight excluding hydrogens is 488 g/mol. The Labute approximate surface area is 230 Å². The Morgan fingerprint density at radius 3 is 1.64 bits per heavy atom. The number of hydrogen-bond acceptors (Lipinski definition) is 5. The summed E-state index contributed by atoms with van der Waals surface area (Å²) >= 11 is 0. The molecule has 196 valence electrons. The number of rotatable bonds is 10. The van der Waals surface area contributed by atoms with E-state index in [1.165, 1.54) is 5.56 Å². The minimum absolute atomic E-state index is 0.00552. The van der Waals surface area contributed by atoms with E-state index in [4.69, 9.17) is 14.2 Å². The zero-order chi connectivity index (χ0) is 27.9. The van der Waals surface area contributed by atoms with E-state index in [0.29, 0.717) is 5.75 Å². The number of carbonyl (C=O) groups is 2. The predicted octanol–water partition coefficient (Wildman–Crippen LogP) is 5.64. The minimum Gasteiger partial charge on any atom is -0.490 e. The summed E-state index contributed by atoms with van der Waals surface area (Å²) in [5, 5.41) is 0. The quantitative estimate of drug-likeness (QED) is 0.197. The van der Waals surface area contributed by atoms with Gasteiger partial charge in [-0.2, -0.15) is 0 Å². The maximum Gasteiger partial charge on any atom is 0.330 e. The molecule has 3 rings (SSSR count). The van der Waals surface area contributed by atoms with E-state index >= 15 is 0 Å². The van der Waals surface area contributed by atoms with Gasteiger partial charge in [-0.15, -0.1) is 0 Å². The Hall–Kier alpha value is -5.00. The van der Waals surface area contributed by atoms with Crippen molar-refractivity contribution in [2.75, 3.05) is 13.2 Å². The summed E-state index contributed by atoms with van der Waals surface area (Å²) < 4.78 is 15.8. The molecule has 0 N–H and O–H groups in total. The normalized spacial score (nSPS) is 10.5. The van der Waals surface area contributed by atoms with Crippen molar-refractivity contribution in [2.45, 2.75) is 25.9 Å². The molecule has 0 spiro atoms. The molecule has 0 aliphatic heterocycles. The van der Waals surface area contributed by atoms with Crippen LogP contribution in [0, 0.1) is 23.7 Å². The van der Waals surface area contributed by atoms with Crippen molar-refractivity contribution >= 4 is 11.9 Å². The summed E-state index contributed by atoms with van der Waals surface area (Å²) in [6, 6.07) is 23.4. The van der Waals surface area contributed by atoms with Gasteiger partial charge in [-0.05, 0) is 72.6 Å². The summed E-state index contributed by atoms with van der Waals surface area (Å²) in [6.07, 6.45) is 3.49. The average Bonchev–Trinajstić information content (AvgIpc) is 2.98. The average molecular weight is 519 g/mol. The van der Waals surface area contributed by atoms with E-state index in [0.717, 1.165) is 47.2 Å². The lowest BCUT2D eigenvalue weighted by Gasteiger charge is -2.17. The first-order chi connectivity index (χ1) is 19.0. The van der Waals surface area contributed by atoms with Crippen molar-refractivity contribution in [1.82, 2.24) is 0 Å². The second-order valence-corrected chi connectivity index (χ2v) is 8.46. The number of carbonyl (C=O) groups excluding carboxylic acids is 2. The highest BCUT2D eigenvalue weighted by Crippen LogP contribution is 2.13. The van der Waals surface area contributed by atoms with Crippen molar-refractivity contribution in [3.8, 4) is 29.4 Å². The van der Waals surface area contributed by atoms with Crippen LogP contribution in [0.25, 0.3) is 0 Å². The first kappa shape index (κ1) is 28.6. The molecule has 0 bridgehead atoms. The molecule has 0 saturated carbocycles. The van der Waals surface area contributed by atoms with Crippen LogP contribution in [0.1, 0.15) is 41.2 Å². The van der Waals surface area contributed by atoms with E-state index in [-0.39, 0.29) is 13.2 Å². The molecule has 0 aliphatic rings.